The summed E-state index contributed by atoms with van der Waals surface area (Å²) in [5, 5.41) is 0. The summed E-state index contributed by atoms with van der Waals surface area (Å²) in [6.45, 7) is 3.64. The van der Waals surface area contributed by atoms with Crippen LogP contribution in [0.3, 0.4) is 0 Å². The lowest BCUT2D eigenvalue weighted by molar-refractivity contribution is -0.0522. The van der Waals surface area contributed by atoms with E-state index in [9.17, 15) is 28.3 Å². The minimum atomic E-state index is -5.70. The van der Waals surface area contributed by atoms with Gasteiger partial charge in [-0.2, -0.15) is 13.6 Å². The summed E-state index contributed by atoms with van der Waals surface area (Å²) < 4.78 is 61.0. The minimum absolute atomic E-state index is 0.00243. The third kappa shape index (κ3) is 9.57. The molecular weight excluding hydrogens is 710 g/mol. The fraction of sp³-hybridized carbons (Fsp3) is 0.682. The van der Waals surface area contributed by atoms with Gasteiger partial charge < -0.3 is 34.8 Å². The van der Waals surface area contributed by atoms with E-state index < -0.39 is 54.1 Å². The van der Waals surface area contributed by atoms with Gasteiger partial charge in [0.2, 0.25) is 5.95 Å². The predicted octanol–water partition coefficient (Wildman–Crippen LogP) is 2.86. The lowest BCUT2D eigenvalue weighted by Gasteiger charge is -2.26. The van der Waals surface area contributed by atoms with Gasteiger partial charge in [-0.15, -0.1) is 0 Å². The molecule has 2 fully saturated rings. The van der Waals surface area contributed by atoms with E-state index in [0.29, 0.717) is 5.92 Å². The first-order valence-electron chi connectivity index (χ1n) is 14.2. The fourth-order valence-electron chi connectivity index (χ4n) is 5.92. The normalized spacial score (nSPS) is 28.9. The Morgan fingerprint density at radius 2 is 1.91 bits per heavy atom. The Hall–Kier alpha value is -1.02. The van der Waals surface area contributed by atoms with E-state index in [1.807, 2.05) is 0 Å². The Labute approximate surface area is 271 Å². The van der Waals surface area contributed by atoms with Crippen molar-refractivity contribution in [2.75, 3.05) is 18.3 Å². The maximum absolute atomic E-state index is 12.4. The Bertz CT molecular complexity index is 1660. The van der Waals surface area contributed by atoms with Gasteiger partial charge in [0.25, 0.3) is 5.56 Å². The van der Waals surface area contributed by atoms with Gasteiger partial charge >= 0.3 is 23.5 Å². The van der Waals surface area contributed by atoms with Crippen LogP contribution in [0.4, 0.5) is 5.95 Å². The molecule has 7 N–H and O–H groups in total. The first-order valence-corrected chi connectivity index (χ1v) is 21.0. The van der Waals surface area contributed by atoms with Crippen LogP contribution in [-0.4, -0.2) is 75.8 Å². The number of nitrogens with one attached hydrogen (secondary N) is 1. The van der Waals surface area contributed by atoms with E-state index >= 15 is 0 Å². The molecule has 3 heterocycles. The Morgan fingerprint density at radius 1 is 1.15 bits per heavy atom. The molecule has 1 aliphatic heterocycles. The second kappa shape index (κ2) is 14.1. The summed E-state index contributed by atoms with van der Waals surface area (Å²) in [5.41, 5.74) is 5.26. The molecule has 2 aliphatic carbocycles. The van der Waals surface area contributed by atoms with Crippen molar-refractivity contribution >= 4 is 69.4 Å². The van der Waals surface area contributed by atoms with Crippen molar-refractivity contribution in [2.24, 2.45) is 17.8 Å². The van der Waals surface area contributed by atoms with Gasteiger partial charge in [0, 0.05) is 6.42 Å². The van der Waals surface area contributed by atoms with Crippen molar-refractivity contribution < 1.29 is 55.9 Å². The molecule has 0 radical (unpaired) electrons. The number of fused-ring (bicyclic) bond motifs is 3. The third-order valence-corrected chi connectivity index (χ3v) is 14.7. The van der Waals surface area contributed by atoms with Crippen LogP contribution in [0.5, 0.6) is 0 Å². The highest BCUT2D eigenvalue weighted by atomic mass is 33.1. The molecule has 6 unspecified atom stereocenters. The maximum atomic E-state index is 12.4. The van der Waals surface area contributed by atoms with Crippen LogP contribution in [0.2, 0.25) is 6.32 Å². The zero-order valence-electron chi connectivity index (χ0n) is 24.7. The fourth-order valence-corrected chi connectivity index (χ4v) is 11.3. The van der Waals surface area contributed by atoms with E-state index in [2.05, 4.69) is 49.6 Å². The van der Waals surface area contributed by atoms with Crippen LogP contribution in [0, 0.1) is 17.8 Å². The average Bonchev–Trinajstić information content (AvgIpc) is 3.70. The zero-order chi connectivity index (χ0) is 33.5. The molecule has 2 bridgehead atoms. The summed E-state index contributed by atoms with van der Waals surface area (Å²) in [6, 6.07) is 0. The quantitative estimate of drug-likeness (QED) is 0.0360. The van der Waals surface area contributed by atoms with Gasteiger partial charge in [0.15, 0.2) is 11.2 Å². The van der Waals surface area contributed by atoms with E-state index in [4.69, 9.17) is 29.5 Å². The third-order valence-electron chi connectivity index (χ3n) is 7.91. The molecule has 18 nitrogen and oxygen atoms in total. The van der Waals surface area contributed by atoms with Crippen molar-refractivity contribution in [1.29, 1.82) is 0 Å². The van der Waals surface area contributed by atoms with Crippen molar-refractivity contribution in [3.8, 4) is 0 Å². The molecule has 46 heavy (non-hydrogen) atoms. The van der Waals surface area contributed by atoms with Crippen molar-refractivity contribution in [3.63, 3.8) is 0 Å². The number of phosphoric acid groups is 3. The average molecular weight is 745 g/mol. The van der Waals surface area contributed by atoms with E-state index in [1.165, 1.54) is 34.5 Å². The Kier molecular flexibility index (Phi) is 11.1. The number of rotatable bonds is 16. The highest BCUT2D eigenvalue weighted by Crippen LogP contribution is 2.66. The SMILES string of the molecule is CC(C)(BCC1CC2C=CC1C2)SSCO[C@@H]1C[C@H](n2cnc3c(=O)[nH]c(N)nc32)OC1COP(=O)(O)OP(=O)(O)OP(=O)(O)O. The van der Waals surface area contributed by atoms with Gasteiger partial charge in [0.05, 0.1) is 19.0 Å². The predicted molar refractivity (Wildman–Crippen MR) is 171 cm³/mol. The van der Waals surface area contributed by atoms with E-state index in [-0.39, 0.29) is 34.1 Å². The number of ether oxygens (including phenoxy) is 2. The Balaban J connectivity index is 1.21. The number of aromatic amines is 1. The summed E-state index contributed by atoms with van der Waals surface area (Å²) in [7, 11) is -12.5. The molecule has 3 aliphatic rings. The van der Waals surface area contributed by atoms with Crippen LogP contribution in [0.1, 0.15) is 39.3 Å². The number of imidazole rings is 1. The molecule has 24 heteroatoms. The monoisotopic (exact) mass is 745 g/mol. The lowest BCUT2D eigenvalue weighted by Crippen LogP contribution is -2.29. The van der Waals surface area contributed by atoms with E-state index in [0.717, 1.165) is 25.4 Å². The summed E-state index contributed by atoms with van der Waals surface area (Å²) in [5.74, 6) is 2.19. The molecule has 2 aromatic rings. The number of H-pyrrole nitrogens is 1. The zero-order valence-corrected chi connectivity index (χ0v) is 29.0. The molecule has 1 saturated carbocycles. The number of hydrogen-bond donors (Lipinski definition) is 6. The van der Waals surface area contributed by atoms with Crippen molar-refractivity contribution in [1.82, 2.24) is 19.5 Å². The number of nitrogens with zero attached hydrogens (tertiary/aromatic N) is 3. The molecule has 5 rings (SSSR count). The second-order valence-electron chi connectivity index (χ2n) is 11.9. The first-order chi connectivity index (χ1) is 21.4. The highest BCUT2D eigenvalue weighted by Gasteiger charge is 2.44. The minimum Gasteiger partial charge on any atom is -0.369 e. The molecule has 256 valence electrons. The van der Waals surface area contributed by atoms with Gasteiger partial charge in [-0.05, 0) is 35.2 Å². The number of hydrogen-bond acceptors (Lipinski definition) is 14. The van der Waals surface area contributed by atoms with E-state index in [1.54, 1.807) is 10.8 Å². The maximum Gasteiger partial charge on any atom is 0.490 e. The molecular formula is C22H35BN5O13P3S2. The molecule has 8 atom stereocenters. The van der Waals surface area contributed by atoms with Crippen molar-refractivity contribution in [3.05, 3.63) is 28.8 Å². The summed E-state index contributed by atoms with van der Waals surface area (Å²) in [6.07, 6.45) is 7.17. The van der Waals surface area contributed by atoms with Gasteiger partial charge in [-0.1, -0.05) is 53.9 Å². The van der Waals surface area contributed by atoms with Gasteiger partial charge in [-0.3, -0.25) is 18.9 Å². The Morgan fingerprint density at radius 3 is 2.59 bits per heavy atom. The largest absolute Gasteiger partial charge is 0.490 e. The van der Waals surface area contributed by atoms with Crippen LogP contribution in [0.25, 0.3) is 11.2 Å². The number of nitrogen functional groups attached to an aromatic ring is 1. The molecule has 2 aromatic heterocycles. The molecule has 1 saturated heterocycles. The van der Waals surface area contributed by atoms with Gasteiger partial charge in [-0.25, -0.2) is 18.7 Å². The molecule has 0 aromatic carbocycles. The van der Waals surface area contributed by atoms with Crippen LogP contribution in [-0.2, 0) is 36.3 Å². The summed E-state index contributed by atoms with van der Waals surface area (Å²) >= 11 is 0. The topological polar surface area (TPSA) is 268 Å². The lowest BCUT2D eigenvalue weighted by atomic mass is 9.58. The second-order valence-corrected chi connectivity index (χ2v) is 19.3. The number of allylic oxidation sites excluding steroid dienone is 2. The van der Waals surface area contributed by atoms with Crippen molar-refractivity contribution in [2.45, 2.75) is 62.5 Å². The number of nitrogens with two attached hydrogens (primary N) is 1. The standard InChI is InChI=1S/C22H35BN5O13P3S2/c1-22(2,23-8-14-6-12-3-4-13(14)5-12)46-45-11-37-15-7-17(28-10-25-18-19(28)26-21(24)27-20(18)29)39-16(15)9-38-43(33,34)41-44(35,36)40-42(30,31)32/h3-4,10,12-17,23H,5-9,11H2,1-2H3,(H,33,34)(H,35,36)(H2,30,31,32)(H3,24,26,27,29)/t12?,13?,14?,15-,16?,17-/m1/s1. The molecule has 0 amide bonds. The van der Waals surface area contributed by atoms with Crippen LogP contribution in [0.15, 0.2) is 23.3 Å². The van der Waals surface area contributed by atoms with Crippen LogP contribution < -0.4 is 11.3 Å². The number of phosphoric ester groups is 1. The smallest absolute Gasteiger partial charge is 0.369 e. The first kappa shape index (κ1) is 36.3. The highest BCUT2D eigenvalue weighted by molar-refractivity contribution is 8.77. The molecule has 0 spiro atoms. The number of aromatic nitrogens is 4. The van der Waals surface area contributed by atoms with Gasteiger partial charge in [0.1, 0.15) is 25.6 Å². The summed E-state index contributed by atoms with van der Waals surface area (Å²) in [4.78, 5) is 59.7. The number of anilines is 1. The van der Waals surface area contributed by atoms with Crippen LogP contribution >= 0.6 is 45.1 Å².